The van der Waals surface area contributed by atoms with E-state index in [2.05, 4.69) is 13.8 Å². The minimum atomic E-state index is -3.78. The predicted molar refractivity (Wildman–Crippen MR) is 113 cm³/mol. The first-order chi connectivity index (χ1) is 13.7. The summed E-state index contributed by atoms with van der Waals surface area (Å²) in [5.74, 6) is -2.15. The maximum atomic E-state index is 11.5. The van der Waals surface area contributed by atoms with Crippen LogP contribution in [0.25, 0.3) is 0 Å². The van der Waals surface area contributed by atoms with E-state index in [9.17, 15) is 18.0 Å². The Bertz CT molecular complexity index is 465. The van der Waals surface area contributed by atoms with E-state index in [4.69, 9.17) is 18.6 Å². The van der Waals surface area contributed by atoms with Crippen molar-refractivity contribution in [3.63, 3.8) is 0 Å². The zero-order chi connectivity index (χ0) is 22.4. The Morgan fingerprint density at radius 2 is 0.967 bits per heavy atom. The van der Waals surface area contributed by atoms with Crippen molar-refractivity contribution < 1.29 is 67.6 Å². The van der Waals surface area contributed by atoms with Crippen LogP contribution >= 0.6 is 0 Å². The second-order valence-corrected chi connectivity index (χ2v) is 8.16. The van der Waals surface area contributed by atoms with Crippen LogP contribution < -0.4 is 29.6 Å². The first kappa shape index (κ1) is 34.4. The number of aliphatic carboxylic acids is 2. The third-order valence-electron chi connectivity index (χ3n) is 4.00. The van der Waals surface area contributed by atoms with Gasteiger partial charge in [0.05, 0.1) is 26.1 Å². The van der Waals surface area contributed by atoms with Crippen LogP contribution in [0.2, 0.25) is 0 Å². The molecular formula is C20H41NaO8S. The van der Waals surface area contributed by atoms with Crippen LogP contribution in [0.15, 0.2) is 0 Å². The number of rotatable bonds is 19. The SMILES string of the molecule is CCCCCCCCOS(=O)(=O)OCCCCCCCC.O=C(O)CCC(=O)O.[H-].[Na+]. The number of unbranched alkanes of at least 4 members (excludes halogenated alkanes) is 10. The van der Waals surface area contributed by atoms with E-state index in [1.807, 2.05) is 0 Å². The molecule has 0 aliphatic heterocycles. The Labute approximate surface area is 206 Å². The molecule has 0 amide bonds. The Morgan fingerprint density at radius 3 is 1.27 bits per heavy atom. The summed E-state index contributed by atoms with van der Waals surface area (Å²) < 4.78 is 32.6. The Morgan fingerprint density at radius 1 is 0.667 bits per heavy atom. The molecule has 0 radical (unpaired) electrons. The molecule has 176 valence electrons. The number of hydrogen-bond donors (Lipinski definition) is 2. The van der Waals surface area contributed by atoms with Crippen molar-refractivity contribution in [3.05, 3.63) is 0 Å². The van der Waals surface area contributed by atoms with Gasteiger partial charge in [0.2, 0.25) is 0 Å². The number of carboxylic acid groups (broad SMARTS) is 2. The molecule has 0 saturated heterocycles. The van der Waals surface area contributed by atoms with Gasteiger partial charge in [-0.2, -0.15) is 8.42 Å². The standard InChI is InChI=1S/C16H34O4S.C4H6O4.Na.H/c1-3-5-7-9-11-13-15-19-21(17,18)20-16-14-12-10-8-6-4-2;5-3(6)1-2-4(7)8;;/h3-16H2,1-2H3;1-2H2,(H,5,6)(H,7,8);;/q;;+1;-1. The average Bonchev–Trinajstić information content (AvgIpc) is 2.65. The summed E-state index contributed by atoms with van der Waals surface area (Å²) in [4.78, 5) is 19.3. The molecule has 0 atom stereocenters. The van der Waals surface area contributed by atoms with E-state index in [0.29, 0.717) is 0 Å². The van der Waals surface area contributed by atoms with E-state index >= 15 is 0 Å². The van der Waals surface area contributed by atoms with Crippen LogP contribution in [0.5, 0.6) is 0 Å². The van der Waals surface area contributed by atoms with Gasteiger partial charge in [-0.25, -0.2) is 8.37 Å². The molecule has 0 unspecified atom stereocenters. The molecule has 30 heavy (non-hydrogen) atoms. The number of carboxylic acids is 2. The van der Waals surface area contributed by atoms with Crippen LogP contribution in [0, 0.1) is 0 Å². The quantitative estimate of drug-likeness (QED) is 0.220. The van der Waals surface area contributed by atoms with Gasteiger partial charge in [-0.1, -0.05) is 78.1 Å². The zero-order valence-electron chi connectivity index (χ0n) is 20.1. The minimum absolute atomic E-state index is 0. The van der Waals surface area contributed by atoms with E-state index in [0.717, 1.165) is 38.5 Å². The smallest absolute Gasteiger partial charge is 1.00 e. The van der Waals surface area contributed by atoms with Gasteiger partial charge in [-0.3, -0.25) is 9.59 Å². The molecule has 2 N–H and O–H groups in total. The molecule has 0 fully saturated rings. The Balaban J connectivity index is -0.000000311. The van der Waals surface area contributed by atoms with Crippen LogP contribution in [0.1, 0.15) is 105 Å². The van der Waals surface area contributed by atoms with Gasteiger partial charge in [0.15, 0.2) is 0 Å². The third-order valence-corrected chi connectivity index (χ3v) is 4.91. The second kappa shape index (κ2) is 25.1. The first-order valence-electron chi connectivity index (χ1n) is 10.7. The van der Waals surface area contributed by atoms with Crippen molar-refractivity contribution in [1.29, 1.82) is 0 Å². The van der Waals surface area contributed by atoms with E-state index in [-0.39, 0.29) is 57.0 Å². The van der Waals surface area contributed by atoms with E-state index < -0.39 is 22.3 Å². The molecule has 0 rings (SSSR count). The van der Waals surface area contributed by atoms with Crippen molar-refractivity contribution in [1.82, 2.24) is 0 Å². The van der Waals surface area contributed by atoms with Gasteiger partial charge < -0.3 is 11.6 Å². The molecule has 0 aromatic heterocycles. The van der Waals surface area contributed by atoms with Crippen molar-refractivity contribution in [3.8, 4) is 0 Å². The Kier molecular flexibility index (Phi) is 28.8. The summed E-state index contributed by atoms with van der Waals surface area (Å²) in [5, 5.41) is 15.8. The minimum Gasteiger partial charge on any atom is -1.00 e. The zero-order valence-corrected chi connectivity index (χ0v) is 21.9. The van der Waals surface area contributed by atoms with Gasteiger partial charge in [0, 0.05) is 0 Å². The summed E-state index contributed by atoms with van der Waals surface area (Å²) >= 11 is 0. The molecular weight excluding hydrogens is 423 g/mol. The second-order valence-electron chi connectivity index (χ2n) is 6.88. The van der Waals surface area contributed by atoms with Crippen LogP contribution in [0.3, 0.4) is 0 Å². The maximum absolute atomic E-state index is 11.5. The number of carbonyl (C=O) groups is 2. The molecule has 0 heterocycles. The van der Waals surface area contributed by atoms with Crippen LogP contribution in [-0.2, 0) is 28.4 Å². The van der Waals surface area contributed by atoms with Crippen molar-refractivity contribution >= 4 is 22.3 Å². The third kappa shape index (κ3) is 32.5. The van der Waals surface area contributed by atoms with Gasteiger partial charge in [-0.05, 0) is 12.8 Å². The van der Waals surface area contributed by atoms with E-state index in [1.54, 1.807) is 0 Å². The maximum Gasteiger partial charge on any atom is 1.00 e. The Hall–Kier alpha value is -0.190. The van der Waals surface area contributed by atoms with Gasteiger partial charge >= 0.3 is 51.9 Å². The summed E-state index contributed by atoms with van der Waals surface area (Å²) in [6.45, 7) is 4.84. The monoisotopic (exact) mass is 464 g/mol. The van der Waals surface area contributed by atoms with Crippen molar-refractivity contribution in [2.75, 3.05) is 13.2 Å². The predicted octanol–water partition coefficient (Wildman–Crippen LogP) is 2.04. The molecule has 0 bridgehead atoms. The van der Waals surface area contributed by atoms with Crippen LogP contribution in [0.4, 0.5) is 0 Å². The molecule has 0 aliphatic rings. The van der Waals surface area contributed by atoms with Crippen molar-refractivity contribution in [2.45, 2.75) is 104 Å². The molecule has 8 nitrogen and oxygen atoms in total. The van der Waals surface area contributed by atoms with Crippen LogP contribution in [-0.4, -0.2) is 43.8 Å². The first-order valence-corrected chi connectivity index (χ1v) is 12.1. The fourth-order valence-electron chi connectivity index (χ4n) is 2.33. The molecule has 0 aliphatic carbocycles. The van der Waals surface area contributed by atoms with Gasteiger partial charge in [0.1, 0.15) is 0 Å². The summed E-state index contributed by atoms with van der Waals surface area (Å²) in [7, 11) is -3.78. The molecule has 0 aromatic rings. The summed E-state index contributed by atoms with van der Waals surface area (Å²) in [5.41, 5.74) is 0. The normalized spacial score (nSPS) is 10.6. The largest absolute Gasteiger partial charge is 1.00 e. The fraction of sp³-hybridized carbons (Fsp3) is 0.900. The number of hydrogen-bond acceptors (Lipinski definition) is 6. The van der Waals surface area contributed by atoms with E-state index in [1.165, 1.54) is 38.5 Å². The topological polar surface area (TPSA) is 127 Å². The molecule has 0 aromatic carbocycles. The molecule has 0 spiro atoms. The van der Waals surface area contributed by atoms with Gasteiger partial charge in [0.25, 0.3) is 0 Å². The molecule has 10 heteroatoms. The van der Waals surface area contributed by atoms with Gasteiger partial charge in [-0.15, -0.1) is 0 Å². The average molecular weight is 465 g/mol. The molecule has 0 saturated carbocycles. The van der Waals surface area contributed by atoms with Crippen molar-refractivity contribution in [2.24, 2.45) is 0 Å². The summed E-state index contributed by atoms with van der Waals surface area (Å²) in [6, 6.07) is 0. The fourth-order valence-corrected chi connectivity index (χ4v) is 3.05. The summed E-state index contributed by atoms with van der Waals surface area (Å²) in [6.07, 6.45) is 12.7.